The maximum atomic E-state index is 12.7. The third kappa shape index (κ3) is 4.24. The van der Waals surface area contributed by atoms with Crippen LogP contribution in [0.15, 0.2) is 45.9 Å². The summed E-state index contributed by atoms with van der Waals surface area (Å²) >= 11 is 11.7. The number of carbonyl (C=O) groups is 1. The molecule has 0 unspecified atom stereocenters. The van der Waals surface area contributed by atoms with Crippen molar-refractivity contribution in [3.8, 4) is 0 Å². The number of amides is 1. The summed E-state index contributed by atoms with van der Waals surface area (Å²) in [6.45, 7) is -0.608. The Morgan fingerprint density at radius 1 is 1.26 bits per heavy atom. The van der Waals surface area contributed by atoms with Gasteiger partial charge in [0, 0.05) is 0 Å². The van der Waals surface area contributed by atoms with Gasteiger partial charge in [-0.05, 0) is 30.3 Å². The van der Waals surface area contributed by atoms with E-state index in [4.69, 9.17) is 33.5 Å². The van der Waals surface area contributed by atoms with E-state index >= 15 is 0 Å². The molecule has 124 valence electrons. The highest BCUT2D eigenvalue weighted by molar-refractivity contribution is 7.89. The molecular formula is C13H13Cl2N3O4S. The lowest BCUT2D eigenvalue weighted by Crippen LogP contribution is -2.42. The summed E-state index contributed by atoms with van der Waals surface area (Å²) in [5.74, 6) is 4.74. The first-order valence-electron chi connectivity index (χ1n) is 6.31. The Labute approximate surface area is 143 Å². The van der Waals surface area contributed by atoms with Crippen LogP contribution < -0.4 is 11.3 Å². The number of hydrazine groups is 1. The van der Waals surface area contributed by atoms with Crippen LogP contribution in [-0.4, -0.2) is 25.2 Å². The molecule has 1 amide bonds. The first-order chi connectivity index (χ1) is 10.8. The molecule has 0 fully saturated rings. The lowest BCUT2D eigenvalue weighted by molar-refractivity contribution is -0.121. The molecule has 1 aromatic carbocycles. The van der Waals surface area contributed by atoms with Crippen LogP contribution in [0.25, 0.3) is 0 Å². The lowest BCUT2D eigenvalue weighted by Gasteiger charge is -2.20. The van der Waals surface area contributed by atoms with Gasteiger partial charge in [0.05, 0.1) is 34.3 Å². The normalized spacial score (nSPS) is 11.7. The standard InChI is InChI=1S/C13H13Cl2N3O4S/c14-11-4-3-10(6-12(11)15)23(20,21)18(8-13(19)17-16)7-9-2-1-5-22-9/h1-6H,7-8,16H2,(H,17,19). The zero-order chi connectivity index (χ0) is 17.0. The predicted octanol–water partition coefficient (Wildman–Crippen LogP) is 1.77. The minimum absolute atomic E-state index is 0.0916. The minimum atomic E-state index is -4.01. The van der Waals surface area contributed by atoms with Gasteiger partial charge in [0.25, 0.3) is 0 Å². The number of hydrogen-bond acceptors (Lipinski definition) is 5. The molecule has 3 N–H and O–H groups in total. The predicted molar refractivity (Wildman–Crippen MR) is 85.1 cm³/mol. The number of rotatable bonds is 6. The third-order valence-corrected chi connectivity index (χ3v) is 5.45. The second kappa shape index (κ2) is 7.33. The first-order valence-corrected chi connectivity index (χ1v) is 8.51. The SMILES string of the molecule is NNC(=O)CN(Cc1ccco1)S(=O)(=O)c1ccc(Cl)c(Cl)c1. The van der Waals surface area contributed by atoms with Gasteiger partial charge >= 0.3 is 0 Å². The number of halogens is 2. The molecule has 23 heavy (non-hydrogen) atoms. The second-order valence-corrected chi connectivity index (χ2v) is 7.25. The highest BCUT2D eigenvalue weighted by atomic mass is 35.5. The molecule has 0 atom stereocenters. The van der Waals surface area contributed by atoms with Crippen molar-refractivity contribution in [2.75, 3.05) is 6.54 Å². The second-order valence-electron chi connectivity index (χ2n) is 4.50. The van der Waals surface area contributed by atoms with E-state index in [0.29, 0.717) is 5.76 Å². The summed E-state index contributed by atoms with van der Waals surface area (Å²) in [5.41, 5.74) is 1.90. The molecule has 10 heteroatoms. The highest BCUT2D eigenvalue weighted by Crippen LogP contribution is 2.27. The zero-order valence-electron chi connectivity index (χ0n) is 11.7. The number of furan rings is 1. The van der Waals surface area contributed by atoms with E-state index < -0.39 is 22.5 Å². The smallest absolute Gasteiger partial charge is 0.249 e. The van der Waals surface area contributed by atoms with Gasteiger partial charge in [-0.1, -0.05) is 23.2 Å². The van der Waals surface area contributed by atoms with Crippen molar-refractivity contribution in [2.45, 2.75) is 11.4 Å². The maximum Gasteiger partial charge on any atom is 0.249 e. The molecule has 0 bridgehead atoms. The molecule has 2 rings (SSSR count). The Kier molecular flexibility index (Phi) is 5.66. The Morgan fingerprint density at radius 3 is 2.57 bits per heavy atom. The van der Waals surface area contributed by atoms with Crippen molar-refractivity contribution in [3.63, 3.8) is 0 Å². The van der Waals surface area contributed by atoms with Crippen LogP contribution in [0.1, 0.15) is 5.76 Å². The van der Waals surface area contributed by atoms with Gasteiger partial charge in [0.15, 0.2) is 0 Å². The van der Waals surface area contributed by atoms with Gasteiger partial charge in [-0.3, -0.25) is 10.2 Å². The summed E-state index contributed by atoms with van der Waals surface area (Å²) in [6, 6.07) is 7.10. The van der Waals surface area contributed by atoms with Crippen LogP contribution in [0.2, 0.25) is 10.0 Å². The molecule has 0 radical (unpaired) electrons. The molecule has 0 saturated carbocycles. The summed E-state index contributed by atoms with van der Waals surface area (Å²) in [5, 5.41) is 0.317. The van der Waals surface area contributed by atoms with E-state index in [2.05, 4.69) is 0 Å². The summed E-state index contributed by atoms with van der Waals surface area (Å²) in [4.78, 5) is 11.4. The number of nitrogens with one attached hydrogen (secondary N) is 1. The fourth-order valence-corrected chi connectivity index (χ4v) is 3.55. The zero-order valence-corrected chi connectivity index (χ0v) is 14.0. The third-order valence-electron chi connectivity index (χ3n) is 2.92. The van der Waals surface area contributed by atoms with Crippen molar-refractivity contribution in [1.29, 1.82) is 0 Å². The van der Waals surface area contributed by atoms with E-state index in [1.807, 2.05) is 5.43 Å². The van der Waals surface area contributed by atoms with Crippen LogP contribution in [0, 0.1) is 0 Å². The Balaban J connectivity index is 2.38. The Hall–Kier alpha value is -1.58. The van der Waals surface area contributed by atoms with Gasteiger partial charge in [-0.15, -0.1) is 0 Å². The van der Waals surface area contributed by atoms with Gasteiger partial charge in [0.1, 0.15) is 5.76 Å². The topological polar surface area (TPSA) is 106 Å². The molecule has 0 saturated heterocycles. The lowest BCUT2D eigenvalue weighted by atomic mass is 10.4. The van der Waals surface area contributed by atoms with Crippen LogP contribution in [0.4, 0.5) is 0 Å². The monoisotopic (exact) mass is 377 g/mol. The Bertz CT molecular complexity index is 794. The van der Waals surface area contributed by atoms with Crippen LogP contribution in [0.3, 0.4) is 0 Å². The van der Waals surface area contributed by atoms with Gasteiger partial charge < -0.3 is 4.42 Å². The maximum absolute atomic E-state index is 12.7. The fourth-order valence-electron chi connectivity index (χ4n) is 1.79. The van der Waals surface area contributed by atoms with Crippen molar-refractivity contribution >= 4 is 39.1 Å². The summed E-state index contributed by atoms with van der Waals surface area (Å²) < 4.78 is 31.5. The number of nitrogens with zero attached hydrogens (tertiary/aromatic N) is 1. The number of sulfonamides is 1. The number of nitrogens with two attached hydrogens (primary N) is 1. The molecular weight excluding hydrogens is 365 g/mol. The molecule has 0 spiro atoms. The highest BCUT2D eigenvalue weighted by Gasteiger charge is 2.28. The summed E-state index contributed by atoms with van der Waals surface area (Å²) in [6.07, 6.45) is 1.41. The fraction of sp³-hybridized carbons (Fsp3) is 0.154. The Morgan fingerprint density at radius 2 is 2.00 bits per heavy atom. The largest absolute Gasteiger partial charge is 0.468 e. The average Bonchev–Trinajstić information content (AvgIpc) is 3.02. The van der Waals surface area contributed by atoms with Gasteiger partial charge in [0.2, 0.25) is 15.9 Å². The van der Waals surface area contributed by atoms with Crippen molar-refractivity contribution in [2.24, 2.45) is 5.84 Å². The van der Waals surface area contributed by atoms with E-state index in [1.165, 1.54) is 24.5 Å². The number of hydrogen-bond donors (Lipinski definition) is 2. The van der Waals surface area contributed by atoms with E-state index in [9.17, 15) is 13.2 Å². The quantitative estimate of drug-likeness (QED) is 0.453. The molecule has 0 aliphatic rings. The van der Waals surface area contributed by atoms with Crippen molar-refractivity contribution < 1.29 is 17.6 Å². The van der Waals surface area contributed by atoms with Crippen molar-refractivity contribution in [3.05, 3.63) is 52.4 Å². The number of carbonyl (C=O) groups excluding carboxylic acids is 1. The van der Waals surface area contributed by atoms with Crippen LogP contribution in [-0.2, 0) is 21.4 Å². The molecule has 0 aliphatic carbocycles. The molecule has 2 aromatic rings. The van der Waals surface area contributed by atoms with Crippen molar-refractivity contribution in [1.82, 2.24) is 9.73 Å². The first kappa shape index (κ1) is 17.8. The van der Waals surface area contributed by atoms with Gasteiger partial charge in [-0.25, -0.2) is 14.3 Å². The minimum Gasteiger partial charge on any atom is -0.468 e. The molecule has 1 aromatic heterocycles. The molecule has 0 aliphatic heterocycles. The van der Waals surface area contributed by atoms with Crippen LogP contribution in [0.5, 0.6) is 0 Å². The van der Waals surface area contributed by atoms with Crippen LogP contribution >= 0.6 is 23.2 Å². The number of benzene rings is 1. The van der Waals surface area contributed by atoms with E-state index in [1.54, 1.807) is 12.1 Å². The van der Waals surface area contributed by atoms with Gasteiger partial charge in [-0.2, -0.15) is 4.31 Å². The summed E-state index contributed by atoms with van der Waals surface area (Å²) in [7, 11) is -4.01. The average molecular weight is 378 g/mol. The van der Waals surface area contributed by atoms with E-state index in [-0.39, 0.29) is 21.5 Å². The van der Waals surface area contributed by atoms with E-state index in [0.717, 1.165) is 4.31 Å². The molecule has 1 heterocycles. The molecule has 7 nitrogen and oxygen atoms in total.